The van der Waals surface area contributed by atoms with Crippen molar-refractivity contribution in [1.82, 2.24) is 14.7 Å². The summed E-state index contributed by atoms with van der Waals surface area (Å²) in [5, 5.41) is 27.7. The number of nitrogen functional groups attached to an aromatic ring is 2. The van der Waals surface area contributed by atoms with Crippen molar-refractivity contribution in [3.05, 3.63) is 125 Å². The maximum atomic E-state index is 12.1. The van der Waals surface area contributed by atoms with Crippen LogP contribution in [0.2, 0.25) is 0 Å². The maximum absolute atomic E-state index is 12.1. The number of fused-ring (bicyclic) bond motifs is 2. The highest BCUT2D eigenvalue weighted by molar-refractivity contribution is 9.09. The van der Waals surface area contributed by atoms with Gasteiger partial charge in [-0.3, -0.25) is 30.0 Å². The first-order valence-corrected chi connectivity index (χ1v) is 35.2. The third kappa shape index (κ3) is 40.7. The van der Waals surface area contributed by atoms with Crippen LogP contribution in [-0.4, -0.2) is 143 Å². The summed E-state index contributed by atoms with van der Waals surface area (Å²) in [6, 6.07) is 27.5. The predicted octanol–water partition coefficient (Wildman–Crippen LogP) is 15.3. The zero-order valence-electron chi connectivity index (χ0n) is 53.0. The second kappa shape index (κ2) is 49.1. The van der Waals surface area contributed by atoms with Gasteiger partial charge in [0, 0.05) is 75.1 Å². The minimum Gasteiger partial charge on any atom is -0.477 e. The Labute approximate surface area is 563 Å². The second-order valence-electron chi connectivity index (χ2n) is 19.5. The summed E-state index contributed by atoms with van der Waals surface area (Å²) in [6.45, 7) is 28.3. The van der Waals surface area contributed by atoms with Gasteiger partial charge in [0.25, 0.3) is 0 Å². The Kier molecular flexibility index (Phi) is 50.8. The lowest BCUT2D eigenvalue weighted by Crippen LogP contribution is -2.29. The third-order valence-electron chi connectivity index (χ3n) is 9.67. The van der Waals surface area contributed by atoms with E-state index in [-0.39, 0.29) is 46.5 Å². The number of ether oxygens (including phenoxy) is 4. The highest BCUT2D eigenvalue weighted by Gasteiger charge is 2.28. The molecule has 0 saturated carbocycles. The lowest BCUT2D eigenvalue weighted by molar-refractivity contribution is -0.129. The van der Waals surface area contributed by atoms with Gasteiger partial charge < -0.3 is 40.4 Å². The van der Waals surface area contributed by atoms with E-state index in [9.17, 15) is 38.4 Å². The molecule has 492 valence electrons. The number of Topliss-reactive ketones (excluding diaryl/α,β-unsaturated/α-hetero) is 4. The third-order valence-corrected chi connectivity index (χ3v) is 9.67. The van der Waals surface area contributed by atoms with Crippen LogP contribution in [0.4, 0.5) is 25.8 Å². The number of rotatable bonds is 8. The van der Waals surface area contributed by atoms with Gasteiger partial charge in [-0.15, -0.1) is 0 Å². The number of aliphatic carboxylic acids is 1. The first-order valence-electron chi connectivity index (χ1n) is 26.0. The monoisotopic (exact) mass is 1550 g/mol. The number of nitrogens with one attached hydrogen (secondary N) is 2. The molecule has 1 aliphatic rings. The molecule has 0 saturated heterocycles. The number of aromatic nitrogens is 2. The van der Waals surface area contributed by atoms with E-state index < -0.39 is 56.1 Å². The molecule has 88 heavy (non-hydrogen) atoms. The van der Waals surface area contributed by atoms with Crippen molar-refractivity contribution < 1.29 is 66.6 Å². The Morgan fingerprint density at radius 1 is 0.625 bits per heavy atom. The quantitative estimate of drug-likeness (QED) is 0.0111. The average molecular weight is 1550 g/mol. The Balaban J connectivity index is -0.000000307. The molecule has 28 heteroatoms. The van der Waals surface area contributed by atoms with E-state index in [1.54, 1.807) is 141 Å². The Bertz CT molecular complexity index is 2910. The Hall–Kier alpha value is -5.74. The molecule has 0 aliphatic heterocycles. The zero-order valence-corrected chi connectivity index (χ0v) is 61.7. The van der Waals surface area contributed by atoms with Crippen LogP contribution in [0, 0.1) is 10.8 Å². The second-order valence-corrected chi connectivity index (χ2v) is 22.0. The van der Waals surface area contributed by atoms with Gasteiger partial charge in [-0.1, -0.05) is 163 Å². The van der Waals surface area contributed by atoms with E-state index >= 15 is 0 Å². The van der Waals surface area contributed by atoms with Crippen molar-refractivity contribution in [3.63, 3.8) is 0 Å². The summed E-state index contributed by atoms with van der Waals surface area (Å²) in [5.74, 6) is 4.91. The van der Waals surface area contributed by atoms with Crippen LogP contribution in [0.15, 0.2) is 97.1 Å². The van der Waals surface area contributed by atoms with Gasteiger partial charge in [0.1, 0.15) is 33.9 Å². The van der Waals surface area contributed by atoms with E-state index in [1.807, 2.05) is 35.5 Å². The zero-order chi connectivity index (χ0) is 69.9. The molecule has 0 amide bonds. The fraction of sp³-hybridized carbons (Fsp3) is 0.417. The molecule has 0 unspecified atom stereocenters. The number of carbonyl (C=O) groups excluding carboxylic acids is 7. The summed E-state index contributed by atoms with van der Waals surface area (Å²) in [7, 11) is 7.36. The molecule has 5 aromatic rings. The van der Waals surface area contributed by atoms with Crippen molar-refractivity contribution in [2.24, 2.45) is 0 Å². The molecule has 0 radical (unpaired) electrons. The summed E-state index contributed by atoms with van der Waals surface area (Å²) in [4.78, 5) is 91.1. The van der Waals surface area contributed by atoms with E-state index in [4.69, 9.17) is 45.8 Å². The summed E-state index contributed by atoms with van der Waals surface area (Å²) < 4.78 is 29.3. The number of benzene rings is 4. The van der Waals surface area contributed by atoms with Gasteiger partial charge in [0.2, 0.25) is 20.8 Å². The highest BCUT2D eigenvalue weighted by Crippen LogP contribution is 2.21. The number of hydrogen-bond acceptors (Lipinski definition) is 19. The van der Waals surface area contributed by atoms with Gasteiger partial charge in [-0.25, -0.2) is 23.4 Å². The molecule has 1 heterocycles. The molecule has 1 aliphatic carbocycles. The molecule has 21 nitrogen and oxygen atoms in total. The fourth-order valence-electron chi connectivity index (χ4n) is 6.10. The molecule has 1 aromatic heterocycles. The van der Waals surface area contributed by atoms with Gasteiger partial charge in [0.05, 0.1) is 5.52 Å². The number of nitrogens with two attached hydrogens (primary N) is 2. The summed E-state index contributed by atoms with van der Waals surface area (Å²) in [6.07, 6.45) is -2.42. The van der Waals surface area contributed by atoms with E-state index in [0.717, 1.165) is 10.2 Å². The molecule has 6 rings (SSSR count). The van der Waals surface area contributed by atoms with Crippen LogP contribution in [0.1, 0.15) is 134 Å². The molecule has 0 bridgehead atoms. The van der Waals surface area contributed by atoms with Gasteiger partial charge >= 0.3 is 24.4 Å². The minimum absolute atomic E-state index is 0.0342. The largest absolute Gasteiger partial charge is 0.519 e. The van der Waals surface area contributed by atoms with Crippen LogP contribution in [-0.2, 0) is 49.0 Å². The first kappa shape index (κ1) is 91.0. The standard InChI is InChI=1S/C14H16N2O3.C10H18O5.C9H10N2O.C9H6O2.C8H8N2O2.C6H15N.4CH3Br.Cl2OS/c1-9(17)12-10-7-5-6-8-11(10)16(15-12)13(18)19-14(2,3)4;1-9(2,3)14-7(11)13-8(12)15-10(4,5)6;1-6(12)9(11)7-4-2-3-5-8(7)10;10-8-5-6-3-1-2-4-7(6)9(8)11;9-6-4-2-1-3-5(6)7(10)8(11)12;1-4-7(5-2)6-3;4*1-2;1-4(2)3/h5-8H,1-4H3;1-6H3;2-5,11H,10H2,1H3;1-4H,5H2;1-4,10H,9H2,(H,11,12);4-6H2,1-3H3;4*1H3;. The topological polar surface area (TPSA) is 332 Å². The maximum Gasteiger partial charge on any atom is 0.519 e. The Morgan fingerprint density at radius 3 is 1.33 bits per heavy atom. The lowest BCUT2D eigenvalue weighted by Gasteiger charge is -2.20. The van der Waals surface area contributed by atoms with Crippen molar-refractivity contribution in [3.8, 4) is 0 Å². The number of para-hydroxylation sites is 3. The van der Waals surface area contributed by atoms with Crippen LogP contribution < -0.4 is 11.5 Å². The van der Waals surface area contributed by atoms with Crippen LogP contribution in [0.25, 0.3) is 10.9 Å². The van der Waals surface area contributed by atoms with Crippen molar-refractivity contribution in [2.45, 2.75) is 120 Å². The molecule has 7 N–H and O–H groups in total. The summed E-state index contributed by atoms with van der Waals surface area (Å²) in [5.41, 5.74) is 12.3. The molecular weight excluding hydrogens is 1470 g/mol. The fourth-order valence-corrected chi connectivity index (χ4v) is 6.10. The molecule has 4 aromatic carbocycles. The number of anilines is 2. The summed E-state index contributed by atoms with van der Waals surface area (Å²) >= 11 is 11.8. The number of carboxylic acids is 1. The van der Waals surface area contributed by atoms with Gasteiger partial charge in [-0.05, 0) is 129 Å². The number of carbonyl (C=O) groups is 8. The number of hydrogen-bond donors (Lipinski definition) is 5. The van der Waals surface area contributed by atoms with E-state index in [0.29, 0.717) is 33.4 Å². The van der Waals surface area contributed by atoms with Crippen molar-refractivity contribution in [2.75, 3.05) is 54.4 Å². The van der Waals surface area contributed by atoms with Gasteiger partial charge in [0.15, 0.2) is 11.6 Å². The molecule has 0 atom stereocenters. The number of nitrogens with zero attached hydrogens (tertiary/aromatic N) is 3. The molecule has 0 fully saturated rings. The smallest absolute Gasteiger partial charge is 0.477 e. The normalized spacial score (nSPS) is 10.5. The van der Waals surface area contributed by atoms with Crippen LogP contribution >= 0.6 is 85.1 Å². The Morgan fingerprint density at radius 2 is 0.989 bits per heavy atom. The van der Waals surface area contributed by atoms with Crippen LogP contribution in [0.5, 0.6) is 0 Å². The number of ketones is 4. The van der Waals surface area contributed by atoms with E-state index in [2.05, 4.69) is 121 Å². The van der Waals surface area contributed by atoms with Crippen molar-refractivity contribution >= 4 is 176 Å². The molecular formula is C60H85Br4Cl2N7O14S. The van der Waals surface area contributed by atoms with E-state index in [1.165, 1.54) is 39.5 Å². The first-order chi connectivity index (χ1) is 40.9. The van der Waals surface area contributed by atoms with Crippen LogP contribution in [0.3, 0.4) is 0 Å². The predicted molar refractivity (Wildman–Crippen MR) is 371 cm³/mol. The SMILES string of the molecule is CBr.CBr.CBr.CBr.CC(=O)C(=N)c1ccccc1N.CC(=O)c1nn(C(=O)OC(C)(C)C)c2ccccc12.CC(C)(C)OC(=O)OC(=O)OC(C)(C)C.CCN(CC)CC.N=C(C(=O)O)c1ccccc1N.O=C1Cc2ccccc2C1=O.O=S(Cl)Cl. The minimum atomic E-state index is -1.67. The lowest BCUT2D eigenvalue weighted by atomic mass is 10.1. The number of halogens is 6. The van der Waals surface area contributed by atoms with Gasteiger partial charge in [-0.2, -0.15) is 9.78 Å². The molecule has 0 spiro atoms. The average Bonchev–Trinajstić information content (AvgIpc) is 2.00. The van der Waals surface area contributed by atoms with Crippen molar-refractivity contribution in [1.29, 1.82) is 10.8 Å². The number of alkyl halides is 4. The highest BCUT2D eigenvalue weighted by atomic mass is 79.9. The number of carboxylic acid groups (broad SMARTS) is 1.